The van der Waals surface area contributed by atoms with E-state index < -0.39 is 5.97 Å². The second kappa shape index (κ2) is 4.75. The van der Waals surface area contributed by atoms with Gasteiger partial charge in [-0.1, -0.05) is 0 Å². The molecule has 5 rings (SSSR count). The van der Waals surface area contributed by atoms with Crippen LogP contribution in [0.4, 0.5) is 0 Å². The Balaban J connectivity index is 1.43. The van der Waals surface area contributed by atoms with Gasteiger partial charge in [-0.05, 0) is 80.5 Å². The highest BCUT2D eigenvalue weighted by Gasteiger charge is 2.51. The van der Waals surface area contributed by atoms with Crippen molar-refractivity contribution in [2.45, 2.75) is 38.5 Å². The largest absolute Gasteiger partial charge is 0.493 e. The van der Waals surface area contributed by atoms with E-state index in [1.165, 1.54) is 38.5 Å². The number of carboxylic acid groups (broad SMARTS) is 1. The Labute approximate surface area is 125 Å². The van der Waals surface area contributed by atoms with Gasteiger partial charge in [0.15, 0.2) is 0 Å². The SMILES string of the molecule is O=C(O)c1ccc(OCC23CC4CC(CC(C4)C2)C3)cc1. The summed E-state index contributed by atoms with van der Waals surface area (Å²) in [5, 5.41) is 8.92. The van der Waals surface area contributed by atoms with Crippen molar-refractivity contribution < 1.29 is 14.6 Å². The summed E-state index contributed by atoms with van der Waals surface area (Å²) in [4.78, 5) is 10.9. The van der Waals surface area contributed by atoms with E-state index in [1.54, 1.807) is 24.3 Å². The zero-order valence-electron chi connectivity index (χ0n) is 12.3. The van der Waals surface area contributed by atoms with Gasteiger partial charge in [0.25, 0.3) is 0 Å². The molecule has 0 radical (unpaired) electrons. The van der Waals surface area contributed by atoms with Gasteiger partial charge >= 0.3 is 5.97 Å². The normalized spacial score (nSPS) is 36.7. The number of hydrogen-bond donors (Lipinski definition) is 1. The van der Waals surface area contributed by atoms with Crippen LogP contribution in [0.25, 0.3) is 0 Å². The summed E-state index contributed by atoms with van der Waals surface area (Å²) in [6.45, 7) is 0.808. The van der Waals surface area contributed by atoms with Gasteiger partial charge in [0.1, 0.15) is 5.75 Å². The van der Waals surface area contributed by atoms with Crippen molar-refractivity contribution >= 4 is 5.97 Å². The van der Waals surface area contributed by atoms with Crippen molar-refractivity contribution in [2.24, 2.45) is 23.2 Å². The third kappa shape index (κ3) is 2.43. The van der Waals surface area contributed by atoms with Crippen LogP contribution in [0.2, 0.25) is 0 Å². The topological polar surface area (TPSA) is 46.5 Å². The molecule has 0 aromatic heterocycles. The first-order valence-corrected chi connectivity index (χ1v) is 8.08. The van der Waals surface area contributed by atoms with Crippen LogP contribution in [0.1, 0.15) is 48.9 Å². The van der Waals surface area contributed by atoms with Gasteiger partial charge in [-0.15, -0.1) is 0 Å². The van der Waals surface area contributed by atoms with Crippen molar-refractivity contribution in [3.8, 4) is 5.75 Å². The van der Waals surface area contributed by atoms with Crippen LogP contribution in [-0.2, 0) is 0 Å². The molecule has 4 aliphatic rings. The lowest BCUT2D eigenvalue weighted by atomic mass is 9.50. The van der Waals surface area contributed by atoms with Crippen LogP contribution in [-0.4, -0.2) is 17.7 Å². The maximum Gasteiger partial charge on any atom is 0.335 e. The van der Waals surface area contributed by atoms with Crippen LogP contribution in [0.15, 0.2) is 24.3 Å². The van der Waals surface area contributed by atoms with Crippen LogP contribution >= 0.6 is 0 Å². The van der Waals surface area contributed by atoms with Gasteiger partial charge < -0.3 is 9.84 Å². The zero-order valence-corrected chi connectivity index (χ0v) is 12.3. The monoisotopic (exact) mass is 286 g/mol. The van der Waals surface area contributed by atoms with E-state index in [0.29, 0.717) is 11.0 Å². The molecule has 3 heteroatoms. The summed E-state index contributed by atoms with van der Waals surface area (Å²) < 4.78 is 6.03. The third-order valence-electron chi connectivity index (χ3n) is 5.81. The fourth-order valence-corrected chi connectivity index (χ4v) is 5.40. The Kier molecular flexibility index (Phi) is 2.98. The number of benzene rings is 1. The molecule has 0 saturated heterocycles. The van der Waals surface area contributed by atoms with Gasteiger partial charge in [0.2, 0.25) is 0 Å². The molecule has 1 aromatic rings. The Hall–Kier alpha value is -1.51. The lowest BCUT2D eigenvalue weighted by Crippen LogP contribution is -2.48. The quantitative estimate of drug-likeness (QED) is 0.910. The number of aromatic carboxylic acids is 1. The summed E-state index contributed by atoms with van der Waals surface area (Å²) in [5.74, 6) is 2.73. The number of carbonyl (C=O) groups is 1. The molecule has 0 atom stereocenters. The van der Waals surface area contributed by atoms with Crippen molar-refractivity contribution in [1.29, 1.82) is 0 Å². The van der Waals surface area contributed by atoms with Crippen molar-refractivity contribution in [1.82, 2.24) is 0 Å². The van der Waals surface area contributed by atoms with Crippen LogP contribution < -0.4 is 4.74 Å². The molecule has 112 valence electrons. The summed E-state index contributed by atoms with van der Waals surface area (Å²) in [7, 11) is 0. The molecule has 4 fully saturated rings. The lowest BCUT2D eigenvalue weighted by Gasteiger charge is -2.56. The van der Waals surface area contributed by atoms with E-state index in [-0.39, 0.29) is 0 Å². The average molecular weight is 286 g/mol. The minimum atomic E-state index is -0.886. The minimum absolute atomic E-state index is 0.317. The molecule has 3 nitrogen and oxygen atoms in total. The van der Waals surface area contributed by atoms with E-state index in [9.17, 15) is 4.79 Å². The Morgan fingerprint density at radius 1 is 1.05 bits per heavy atom. The van der Waals surface area contributed by atoms with E-state index in [0.717, 1.165) is 30.1 Å². The second-order valence-electron chi connectivity index (χ2n) is 7.54. The summed E-state index contributed by atoms with van der Waals surface area (Å²) >= 11 is 0. The first kappa shape index (κ1) is 13.2. The summed E-state index contributed by atoms with van der Waals surface area (Å²) in [6.07, 6.45) is 8.37. The van der Waals surface area contributed by atoms with E-state index in [2.05, 4.69) is 0 Å². The molecule has 0 spiro atoms. The van der Waals surface area contributed by atoms with Crippen molar-refractivity contribution in [3.63, 3.8) is 0 Å². The van der Waals surface area contributed by atoms with Gasteiger partial charge in [-0.2, -0.15) is 0 Å². The van der Waals surface area contributed by atoms with Crippen LogP contribution in [0.3, 0.4) is 0 Å². The molecule has 0 heterocycles. The minimum Gasteiger partial charge on any atom is -0.493 e. The van der Waals surface area contributed by atoms with Gasteiger partial charge in [-0.3, -0.25) is 0 Å². The average Bonchev–Trinajstić information content (AvgIpc) is 2.44. The van der Waals surface area contributed by atoms with Crippen molar-refractivity contribution in [3.05, 3.63) is 29.8 Å². The first-order chi connectivity index (χ1) is 10.1. The molecule has 0 amide bonds. The fraction of sp³-hybridized carbons (Fsp3) is 0.611. The zero-order chi connectivity index (χ0) is 14.4. The summed E-state index contributed by atoms with van der Waals surface area (Å²) in [6, 6.07) is 6.81. The number of carboxylic acids is 1. The first-order valence-electron chi connectivity index (χ1n) is 8.08. The fourth-order valence-electron chi connectivity index (χ4n) is 5.40. The molecule has 21 heavy (non-hydrogen) atoms. The maximum atomic E-state index is 10.9. The molecule has 4 bridgehead atoms. The van der Waals surface area contributed by atoms with E-state index in [1.807, 2.05) is 0 Å². The highest BCUT2D eigenvalue weighted by molar-refractivity contribution is 5.87. The molecular weight excluding hydrogens is 264 g/mol. The lowest BCUT2D eigenvalue weighted by molar-refractivity contribution is -0.0745. The molecule has 1 aromatic carbocycles. The van der Waals surface area contributed by atoms with Crippen LogP contribution in [0, 0.1) is 23.2 Å². The molecule has 0 unspecified atom stereocenters. The molecular formula is C18H22O3. The van der Waals surface area contributed by atoms with Crippen molar-refractivity contribution in [2.75, 3.05) is 6.61 Å². The predicted molar refractivity (Wildman–Crippen MR) is 79.5 cm³/mol. The number of rotatable bonds is 4. The molecule has 4 saturated carbocycles. The Bertz CT molecular complexity index is 511. The number of ether oxygens (including phenoxy) is 1. The summed E-state index contributed by atoms with van der Waals surface area (Å²) in [5.41, 5.74) is 0.720. The smallest absolute Gasteiger partial charge is 0.335 e. The van der Waals surface area contributed by atoms with Crippen LogP contribution in [0.5, 0.6) is 5.75 Å². The predicted octanol–water partition coefficient (Wildman–Crippen LogP) is 3.98. The highest BCUT2D eigenvalue weighted by Crippen LogP contribution is 2.59. The maximum absolute atomic E-state index is 10.9. The van der Waals surface area contributed by atoms with E-state index >= 15 is 0 Å². The number of hydrogen-bond acceptors (Lipinski definition) is 2. The highest BCUT2D eigenvalue weighted by atomic mass is 16.5. The molecule has 0 aliphatic heterocycles. The van der Waals surface area contributed by atoms with Gasteiger partial charge in [0, 0.05) is 5.41 Å². The Morgan fingerprint density at radius 3 is 2.05 bits per heavy atom. The Morgan fingerprint density at radius 2 is 1.57 bits per heavy atom. The standard InChI is InChI=1S/C18H22O3/c19-17(20)15-1-3-16(4-2-15)21-11-18-8-12-5-13(9-18)7-14(6-12)10-18/h1-4,12-14H,5-11H2,(H,19,20). The van der Waals surface area contributed by atoms with E-state index in [4.69, 9.17) is 9.84 Å². The second-order valence-corrected chi connectivity index (χ2v) is 7.54. The molecule has 4 aliphatic carbocycles. The third-order valence-corrected chi connectivity index (χ3v) is 5.81. The van der Waals surface area contributed by atoms with Gasteiger partial charge in [-0.25, -0.2) is 4.79 Å². The molecule has 1 N–H and O–H groups in total. The van der Waals surface area contributed by atoms with Gasteiger partial charge in [0.05, 0.1) is 12.2 Å².